The number of carbonyl (C=O) groups excluding carboxylic acids is 1. The lowest BCUT2D eigenvalue weighted by atomic mass is 10.1. The molecule has 7 nitrogen and oxygen atoms in total. The minimum absolute atomic E-state index is 0.0108. The number of amidine groups is 1. The largest absolute Gasteiger partial charge is 0.303 e. The number of nitro benzene ring substituents is 1. The van der Waals surface area contributed by atoms with Gasteiger partial charge in [0.15, 0.2) is 5.17 Å². The molecule has 0 aliphatic carbocycles. The van der Waals surface area contributed by atoms with Gasteiger partial charge in [-0.25, -0.2) is 0 Å². The van der Waals surface area contributed by atoms with E-state index in [2.05, 4.69) is 15.5 Å². The maximum absolute atomic E-state index is 12.1. The molecule has 1 fully saturated rings. The van der Waals surface area contributed by atoms with Crippen molar-refractivity contribution >= 4 is 34.7 Å². The summed E-state index contributed by atoms with van der Waals surface area (Å²) in [5.74, 6) is -0.0973. The van der Waals surface area contributed by atoms with Crippen LogP contribution in [0.25, 0.3) is 0 Å². The number of nitrogens with zero attached hydrogens (tertiary/aromatic N) is 3. The van der Waals surface area contributed by atoms with Crippen molar-refractivity contribution in [1.82, 2.24) is 5.32 Å². The van der Waals surface area contributed by atoms with Crippen LogP contribution in [0.15, 0.2) is 58.7 Å². The Morgan fingerprint density at radius 3 is 2.77 bits per heavy atom. The second-order valence-corrected chi connectivity index (χ2v) is 6.98. The van der Waals surface area contributed by atoms with Gasteiger partial charge in [0.1, 0.15) is 0 Å². The third kappa shape index (κ3) is 4.54. The molecule has 3 rings (SSSR count). The van der Waals surface area contributed by atoms with Crippen LogP contribution in [0.3, 0.4) is 0 Å². The molecule has 2 aromatic rings. The highest BCUT2D eigenvalue weighted by atomic mass is 32.2. The maximum Gasteiger partial charge on any atom is 0.270 e. The maximum atomic E-state index is 12.1. The van der Waals surface area contributed by atoms with E-state index in [4.69, 9.17) is 0 Å². The molecule has 1 unspecified atom stereocenters. The van der Waals surface area contributed by atoms with Gasteiger partial charge in [-0.2, -0.15) is 5.10 Å². The smallest absolute Gasteiger partial charge is 0.270 e. The Balaban J connectivity index is 1.63. The van der Waals surface area contributed by atoms with Crippen LogP contribution in [0.4, 0.5) is 5.69 Å². The molecule has 1 N–H and O–H groups in total. The fourth-order valence-corrected chi connectivity index (χ4v) is 3.36. The number of aryl methyl sites for hydroxylation is 1. The highest BCUT2D eigenvalue weighted by Gasteiger charge is 2.30. The Hall–Kier alpha value is -3.00. The van der Waals surface area contributed by atoms with E-state index in [1.54, 1.807) is 12.1 Å². The van der Waals surface area contributed by atoms with Crippen LogP contribution in [0.2, 0.25) is 0 Å². The summed E-state index contributed by atoms with van der Waals surface area (Å²) >= 11 is 1.33. The quantitative estimate of drug-likeness (QED) is 0.498. The van der Waals surface area contributed by atoms with Crippen molar-refractivity contribution in [3.05, 3.63) is 75.3 Å². The molecule has 0 radical (unpaired) electrons. The summed E-state index contributed by atoms with van der Waals surface area (Å²) in [6.45, 7) is 2.02. The highest BCUT2D eigenvalue weighted by Crippen LogP contribution is 2.23. The van der Waals surface area contributed by atoms with Crippen LogP contribution in [0, 0.1) is 17.0 Å². The van der Waals surface area contributed by atoms with Crippen LogP contribution in [-0.4, -0.2) is 27.5 Å². The van der Waals surface area contributed by atoms with Crippen molar-refractivity contribution in [2.24, 2.45) is 10.2 Å². The fourth-order valence-electron chi connectivity index (χ4n) is 2.39. The number of amides is 1. The van der Waals surface area contributed by atoms with Crippen LogP contribution in [-0.2, 0) is 11.2 Å². The molecule has 1 saturated heterocycles. The van der Waals surface area contributed by atoms with Gasteiger partial charge in [0.2, 0.25) is 5.91 Å². The molecule has 132 valence electrons. The van der Waals surface area contributed by atoms with Gasteiger partial charge in [0.25, 0.3) is 5.69 Å². The average molecular weight is 368 g/mol. The average Bonchev–Trinajstić information content (AvgIpc) is 2.97. The molecule has 2 aromatic carbocycles. The fraction of sp³-hybridized carbons (Fsp3) is 0.167. The van der Waals surface area contributed by atoms with Gasteiger partial charge in [-0.05, 0) is 18.9 Å². The minimum Gasteiger partial charge on any atom is -0.303 e. The lowest BCUT2D eigenvalue weighted by Gasteiger charge is -2.05. The van der Waals surface area contributed by atoms with Gasteiger partial charge in [0.05, 0.1) is 16.4 Å². The summed E-state index contributed by atoms with van der Waals surface area (Å²) in [5, 5.41) is 21.6. The van der Waals surface area contributed by atoms with E-state index in [-0.39, 0.29) is 16.8 Å². The van der Waals surface area contributed by atoms with E-state index in [0.717, 1.165) is 5.56 Å². The molecule has 0 aromatic heterocycles. The van der Waals surface area contributed by atoms with E-state index in [1.165, 1.54) is 35.7 Å². The molecule has 8 heteroatoms. The molecular weight excluding hydrogens is 352 g/mol. The van der Waals surface area contributed by atoms with Crippen molar-refractivity contribution in [2.75, 3.05) is 0 Å². The van der Waals surface area contributed by atoms with Crippen molar-refractivity contribution < 1.29 is 9.72 Å². The van der Waals surface area contributed by atoms with Crippen molar-refractivity contribution in [3.8, 4) is 0 Å². The van der Waals surface area contributed by atoms with E-state index < -0.39 is 4.92 Å². The molecule has 1 heterocycles. The van der Waals surface area contributed by atoms with E-state index >= 15 is 0 Å². The predicted molar refractivity (Wildman–Crippen MR) is 103 cm³/mol. The third-order valence-corrected chi connectivity index (χ3v) is 4.83. The number of carbonyl (C=O) groups is 1. The molecule has 0 bridgehead atoms. The normalized spacial score (nSPS) is 18.4. The topological polar surface area (TPSA) is 97.0 Å². The second-order valence-electron chi connectivity index (χ2n) is 5.79. The van der Waals surface area contributed by atoms with Crippen molar-refractivity contribution in [2.45, 2.75) is 18.6 Å². The molecule has 1 aliphatic rings. The Bertz CT molecular complexity index is 894. The first-order valence-corrected chi connectivity index (χ1v) is 8.78. The van der Waals surface area contributed by atoms with Gasteiger partial charge >= 0.3 is 0 Å². The van der Waals surface area contributed by atoms with Crippen LogP contribution in [0.5, 0.6) is 0 Å². The zero-order valence-electron chi connectivity index (χ0n) is 14.0. The summed E-state index contributed by atoms with van der Waals surface area (Å²) in [6, 6.07) is 14.2. The Morgan fingerprint density at radius 1 is 1.27 bits per heavy atom. The first-order valence-electron chi connectivity index (χ1n) is 7.90. The Kier molecular flexibility index (Phi) is 5.43. The summed E-state index contributed by atoms with van der Waals surface area (Å²) in [7, 11) is 0. The van der Waals surface area contributed by atoms with Gasteiger partial charge in [-0.3, -0.25) is 14.9 Å². The Morgan fingerprint density at radius 2 is 2.04 bits per heavy atom. The van der Waals surface area contributed by atoms with Crippen LogP contribution >= 0.6 is 11.8 Å². The standard InChI is InChI=1S/C18H16N4O3S/c1-12-5-7-13(8-6-12)10-16-17(23)20-18(26-16)21-19-11-14-3-2-4-15(9-14)22(24)25/h2-9,11,16H,10H2,1H3,(H,20,21,23). The van der Waals surface area contributed by atoms with Crippen LogP contribution in [0.1, 0.15) is 16.7 Å². The molecule has 1 amide bonds. The number of rotatable bonds is 5. The molecule has 0 saturated carbocycles. The number of nitrogens with one attached hydrogen (secondary N) is 1. The lowest BCUT2D eigenvalue weighted by molar-refractivity contribution is -0.384. The van der Waals surface area contributed by atoms with Gasteiger partial charge in [0, 0.05) is 17.7 Å². The zero-order valence-corrected chi connectivity index (χ0v) is 14.8. The van der Waals surface area contributed by atoms with E-state index in [0.29, 0.717) is 17.2 Å². The SMILES string of the molecule is Cc1ccc(CC2SC(=NN=Cc3cccc([N+](=O)[O-])c3)NC2=O)cc1. The molecule has 26 heavy (non-hydrogen) atoms. The van der Waals surface area contributed by atoms with Gasteiger partial charge in [-0.15, -0.1) is 5.10 Å². The lowest BCUT2D eigenvalue weighted by Crippen LogP contribution is -2.25. The second kappa shape index (κ2) is 7.92. The number of hydrogen-bond donors (Lipinski definition) is 1. The van der Waals surface area contributed by atoms with Gasteiger partial charge < -0.3 is 5.32 Å². The first kappa shape index (κ1) is 17.8. The molecule has 1 atom stereocenters. The number of non-ortho nitro benzene ring substituents is 1. The van der Waals surface area contributed by atoms with Crippen LogP contribution < -0.4 is 5.32 Å². The van der Waals surface area contributed by atoms with Crippen molar-refractivity contribution in [3.63, 3.8) is 0 Å². The predicted octanol–water partition coefficient (Wildman–Crippen LogP) is 3.07. The monoisotopic (exact) mass is 368 g/mol. The number of benzene rings is 2. The molecular formula is C18H16N4O3S. The molecule has 1 aliphatic heterocycles. The number of hydrogen-bond acceptors (Lipinski definition) is 6. The Labute approximate surface area is 154 Å². The number of thioether (sulfide) groups is 1. The van der Waals surface area contributed by atoms with E-state index in [1.807, 2.05) is 31.2 Å². The summed E-state index contributed by atoms with van der Waals surface area (Å²) in [5.41, 5.74) is 2.82. The highest BCUT2D eigenvalue weighted by molar-refractivity contribution is 8.15. The first-order chi connectivity index (χ1) is 12.5. The summed E-state index contributed by atoms with van der Waals surface area (Å²) < 4.78 is 0. The molecule has 0 spiro atoms. The summed E-state index contributed by atoms with van der Waals surface area (Å²) in [4.78, 5) is 22.4. The van der Waals surface area contributed by atoms with Gasteiger partial charge in [-0.1, -0.05) is 53.7 Å². The zero-order chi connectivity index (χ0) is 18.5. The van der Waals surface area contributed by atoms with Crippen molar-refractivity contribution in [1.29, 1.82) is 0 Å². The third-order valence-electron chi connectivity index (χ3n) is 3.75. The number of nitro groups is 1. The van der Waals surface area contributed by atoms with E-state index in [9.17, 15) is 14.9 Å². The summed E-state index contributed by atoms with van der Waals surface area (Å²) in [6.07, 6.45) is 2.03. The minimum atomic E-state index is -0.466.